The van der Waals surface area contributed by atoms with E-state index in [1.807, 2.05) is 0 Å². The monoisotopic (exact) mass is 227 g/mol. The third-order valence-corrected chi connectivity index (χ3v) is 7.19. The average molecular weight is 227 g/mol. The van der Waals surface area contributed by atoms with Crippen molar-refractivity contribution in [1.82, 2.24) is 4.90 Å². The van der Waals surface area contributed by atoms with Gasteiger partial charge in [-0.2, -0.15) is 0 Å². The van der Waals surface area contributed by atoms with Crippen molar-refractivity contribution in [3.63, 3.8) is 0 Å². The molecule has 0 bridgehead atoms. The highest BCUT2D eigenvalue weighted by molar-refractivity contribution is 6.58. The van der Waals surface area contributed by atoms with Gasteiger partial charge in [-0.25, -0.2) is 0 Å². The summed E-state index contributed by atoms with van der Waals surface area (Å²) in [5.41, 5.74) is 0. The van der Waals surface area contributed by atoms with Crippen molar-refractivity contribution >= 4 is 14.1 Å². The summed E-state index contributed by atoms with van der Waals surface area (Å²) in [5, 5.41) is 4.56. The van der Waals surface area contributed by atoms with Crippen LogP contribution in [0.5, 0.6) is 0 Å². The normalized spacial score (nSPS) is 13.2. The Morgan fingerprint density at radius 3 is 2.00 bits per heavy atom. The van der Waals surface area contributed by atoms with Gasteiger partial charge in [-0.15, -0.1) is 0 Å². The first-order chi connectivity index (χ1) is 7.15. The Morgan fingerprint density at radius 1 is 1.00 bits per heavy atom. The van der Waals surface area contributed by atoms with Crippen molar-refractivity contribution in [2.75, 3.05) is 14.1 Å². The second-order valence-corrected chi connectivity index (χ2v) is 8.96. The van der Waals surface area contributed by atoms with Gasteiger partial charge in [0.15, 0.2) is 0 Å². The first kappa shape index (κ1) is 15.5. The van der Waals surface area contributed by atoms with Crippen molar-refractivity contribution in [2.24, 2.45) is 0 Å². The molecule has 15 heavy (non-hydrogen) atoms. The summed E-state index contributed by atoms with van der Waals surface area (Å²) in [6.45, 7) is 7.07. The van der Waals surface area contributed by atoms with Crippen molar-refractivity contribution in [1.29, 1.82) is 0 Å². The van der Waals surface area contributed by atoms with Crippen molar-refractivity contribution in [3.05, 3.63) is 0 Å². The molecular weight excluding hydrogens is 197 g/mol. The van der Waals surface area contributed by atoms with Gasteiger partial charge in [0.1, 0.15) is 0 Å². The SMILES string of the molecule is CCCC(CC[CH2][Al]([CH2]C)[CH2]C)N(C)C. The number of hydrogen-bond acceptors (Lipinski definition) is 1. The van der Waals surface area contributed by atoms with E-state index in [9.17, 15) is 0 Å². The zero-order valence-corrected chi connectivity index (χ0v) is 12.7. The summed E-state index contributed by atoms with van der Waals surface area (Å²) in [5.74, 6) is 0. The molecule has 90 valence electrons. The zero-order valence-electron chi connectivity index (χ0n) is 11.6. The van der Waals surface area contributed by atoms with Crippen LogP contribution in [-0.2, 0) is 0 Å². The molecule has 0 saturated heterocycles. The molecule has 0 spiro atoms. The molecule has 1 unspecified atom stereocenters. The Kier molecular flexibility index (Phi) is 10.0. The van der Waals surface area contributed by atoms with E-state index in [0.29, 0.717) is 0 Å². The Bertz CT molecular complexity index is 132. The molecule has 0 rings (SSSR count). The molecule has 1 nitrogen and oxygen atoms in total. The van der Waals surface area contributed by atoms with Gasteiger partial charge in [0.05, 0.1) is 0 Å². The molecule has 0 radical (unpaired) electrons. The third-order valence-electron chi connectivity index (χ3n) is 3.66. The molecule has 0 aliphatic heterocycles. The minimum absolute atomic E-state index is 0.321. The minimum atomic E-state index is -0.321. The fraction of sp³-hybridized carbons (Fsp3) is 1.00. The molecule has 2 heteroatoms. The van der Waals surface area contributed by atoms with E-state index in [0.717, 1.165) is 6.04 Å². The Hall–Kier alpha value is 0.492. The van der Waals surface area contributed by atoms with Crippen LogP contribution in [0.4, 0.5) is 0 Å². The summed E-state index contributed by atoms with van der Waals surface area (Å²) < 4.78 is 0. The second-order valence-electron chi connectivity index (χ2n) is 5.02. The summed E-state index contributed by atoms with van der Waals surface area (Å²) in [6.07, 6.45) is 5.59. The maximum Gasteiger partial charge on any atom is 0.261 e. The quantitative estimate of drug-likeness (QED) is 0.537. The third kappa shape index (κ3) is 7.39. The van der Waals surface area contributed by atoms with Gasteiger partial charge in [0, 0.05) is 6.04 Å². The molecule has 0 aromatic heterocycles. The fourth-order valence-corrected chi connectivity index (χ4v) is 4.54. The van der Waals surface area contributed by atoms with Crippen molar-refractivity contribution in [2.45, 2.75) is 68.3 Å². The Labute approximate surface area is 102 Å². The van der Waals surface area contributed by atoms with Gasteiger partial charge in [-0.1, -0.05) is 49.5 Å². The zero-order chi connectivity index (χ0) is 11.7. The van der Waals surface area contributed by atoms with Gasteiger partial charge in [-0.3, -0.25) is 0 Å². The molecule has 0 fully saturated rings. The summed E-state index contributed by atoms with van der Waals surface area (Å²) in [4.78, 5) is 2.41. The lowest BCUT2D eigenvalue weighted by molar-refractivity contribution is 0.260. The molecule has 0 aliphatic carbocycles. The molecule has 0 amide bonds. The molecule has 0 aliphatic rings. The van der Waals surface area contributed by atoms with Crippen LogP contribution in [-0.4, -0.2) is 39.2 Å². The van der Waals surface area contributed by atoms with Gasteiger partial charge < -0.3 is 4.90 Å². The van der Waals surface area contributed by atoms with Gasteiger partial charge >= 0.3 is 0 Å². The first-order valence-corrected chi connectivity index (χ1v) is 9.26. The smallest absolute Gasteiger partial charge is 0.261 e. The van der Waals surface area contributed by atoms with Gasteiger partial charge in [-0.05, 0) is 26.9 Å². The summed E-state index contributed by atoms with van der Waals surface area (Å²) in [6, 6.07) is 0.832. The average Bonchev–Trinajstić information content (AvgIpc) is 2.22. The molecule has 0 saturated carbocycles. The van der Waals surface area contributed by atoms with Gasteiger partial charge in [0.2, 0.25) is 0 Å². The summed E-state index contributed by atoms with van der Waals surface area (Å²) >= 11 is -0.321. The molecular formula is C13H30AlN. The van der Waals surface area contributed by atoms with Gasteiger partial charge in [0.25, 0.3) is 14.1 Å². The number of nitrogens with zero attached hydrogens (tertiary/aromatic N) is 1. The topological polar surface area (TPSA) is 3.24 Å². The lowest BCUT2D eigenvalue weighted by Gasteiger charge is -2.24. The Morgan fingerprint density at radius 2 is 1.60 bits per heavy atom. The van der Waals surface area contributed by atoms with Crippen LogP contribution >= 0.6 is 0 Å². The number of hydrogen-bond donors (Lipinski definition) is 0. The lowest BCUT2D eigenvalue weighted by Crippen LogP contribution is -2.28. The second kappa shape index (κ2) is 9.70. The summed E-state index contributed by atoms with van der Waals surface area (Å²) in [7, 11) is 4.46. The number of rotatable bonds is 9. The van der Waals surface area contributed by atoms with E-state index in [1.54, 1.807) is 5.28 Å². The first-order valence-electron chi connectivity index (χ1n) is 6.82. The maximum atomic E-state index is 2.41. The molecule has 0 heterocycles. The van der Waals surface area contributed by atoms with Crippen LogP contribution in [0.15, 0.2) is 0 Å². The molecule has 0 aromatic rings. The van der Waals surface area contributed by atoms with Crippen LogP contribution in [0.25, 0.3) is 0 Å². The largest absolute Gasteiger partial charge is 0.306 e. The van der Waals surface area contributed by atoms with E-state index in [-0.39, 0.29) is 14.1 Å². The van der Waals surface area contributed by atoms with Crippen LogP contribution in [0, 0.1) is 0 Å². The van der Waals surface area contributed by atoms with E-state index in [2.05, 4.69) is 39.8 Å². The van der Waals surface area contributed by atoms with Crippen LogP contribution in [0.1, 0.15) is 46.5 Å². The van der Waals surface area contributed by atoms with Crippen LogP contribution < -0.4 is 0 Å². The maximum absolute atomic E-state index is 2.41. The molecule has 0 aromatic carbocycles. The predicted molar refractivity (Wildman–Crippen MR) is 73.1 cm³/mol. The molecule has 0 N–H and O–H groups in total. The van der Waals surface area contributed by atoms with E-state index < -0.39 is 0 Å². The van der Waals surface area contributed by atoms with Crippen LogP contribution in [0.2, 0.25) is 15.8 Å². The lowest BCUT2D eigenvalue weighted by atomic mass is 10.1. The standard InChI is InChI=1S/C9H20N.2C2H5.Al/c1-5-7-9(8-6-2)10(3)4;2*1-2;/h9H,1,5-8H2,2-4H3;2*1H2,2H3;. The predicted octanol–water partition coefficient (Wildman–Crippen LogP) is 4.03. The van der Waals surface area contributed by atoms with Crippen LogP contribution in [0.3, 0.4) is 0 Å². The van der Waals surface area contributed by atoms with E-state index in [1.165, 1.54) is 36.2 Å². The highest BCUT2D eigenvalue weighted by Crippen LogP contribution is 2.15. The highest BCUT2D eigenvalue weighted by atomic mass is 27.2. The Balaban J connectivity index is 3.69. The van der Waals surface area contributed by atoms with E-state index in [4.69, 9.17) is 0 Å². The fourth-order valence-electron chi connectivity index (χ4n) is 2.33. The van der Waals surface area contributed by atoms with Crippen molar-refractivity contribution < 1.29 is 0 Å². The molecule has 1 atom stereocenters. The van der Waals surface area contributed by atoms with E-state index >= 15 is 0 Å². The van der Waals surface area contributed by atoms with Crippen molar-refractivity contribution in [3.8, 4) is 0 Å². The highest BCUT2D eigenvalue weighted by Gasteiger charge is 2.14. The minimum Gasteiger partial charge on any atom is -0.306 e.